The molecule has 1 aromatic rings. The summed E-state index contributed by atoms with van der Waals surface area (Å²) in [5.74, 6) is -1.17. The molecule has 0 radical (unpaired) electrons. The number of amides is 1. The summed E-state index contributed by atoms with van der Waals surface area (Å²) < 4.78 is 4.58. The van der Waals surface area contributed by atoms with E-state index < -0.39 is 16.8 Å². The zero-order valence-corrected chi connectivity index (χ0v) is 14.5. The Morgan fingerprint density at radius 1 is 1.28 bits per heavy atom. The van der Waals surface area contributed by atoms with Crippen molar-refractivity contribution in [2.24, 2.45) is 0 Å². The number of hydrogen-bond acceptors (Lipinski definition) is 6. The number of non-ortho nitro benzene ring substituents is 1. The summed E-state index contributed by atoms with van der Waals surface area (Å²) >= 11 is 0. The molecule has 1 aliphatic rings. The van der Waals surface area contributed by atoms with Crippen molar-refractivity contribution in [1.29, 1.82) is 0 Å². The lowest BCUT2D eigenvalue weighted by Crippen LogP contribution is -2.37. The van der Waals surface area contributed by atoms with Gasteiger partial charge in [0, 0.05) is 36.8 Å². The summed E-state index contributed by atoms with van der Waals surface area (Å²) in [4.78, 5) is 36.5. The fourth-order valence-corrected chi connectivity index (χ4v) is 3.06. The van der Waals surface area contributed by atoms with Crippen LogP contribution in [-0.4, -0.2) is 55.0 Å². The van der Waals surface area contributed by atoms with Gasteiger partial charge in [-0.3, -0.25) is 14.9 Å². The standard InChI is InChI=1S/C17H23N3O5/c1-19(14-5-3-4-6-14)8-7-18-16(21)12-9-13(17(22)25-2)11-15(10-12)20(23)24/h9-11,14H,3-8H2,1-2H3,(H,18,21). The Kier molecular flexibility index (Phi) is 6.46. The number of carbonyl (C=O) groups is 2. The minimum Gasteiger partial charge on any atom is -0.465 e. The van der Waals surface area contributed by atoms with Gasteiger partial charge in [-0.25, -0.2) is 4.79 Å². The molecule has 0 heterocycles. The molecule has 0 saturated heterocycles. The third-order valence-corrected chi connectivity index (χ3v) is 4.51. The highest BCUT2D eigenvalue weighted by Gasteiger charge is 2.20. The summed E-state index contributed by atoms with van der Waals surface area (Å²) in [7, 11) is 3.21. The number of benzene rings is 1. The molecule has 25 heavy (non-hydrogen) atoms. The van der Waals surface area contributed by atoms with E-state index in [1.807, 2.05) is 7.05 Å². The number of nitro groups is 1. The number of esters is 1. The van der Waals surface area contributed by atoms with Crippen LogP contribution >= 0.6 is 0 Å². The van der Waals surface area contributed by atoms with Gasteiger partial charge in [0.1, 0.15) is 0 Å². The van der Waals surface area contributed by atoms with Crippen molar-refractivity contribution in [3.05, 3.63) is 39.4 Å². The molecule has 1 fully saturated rings. The highest BCUT2D eigenvalue weighted by Crippen LogP contribution is 2.22. The van der Waals surface area contributed by atoms with Gasteiger partial charge < -0.3 is 15.0 Å². The van der Waals surface area contributed by atoms with Crippen molar-refractivity contribution < 1.29 is 19.2 Å². The van der Waals surface area contributed by atoms with Gasteiger partial charge in [-0.1, -0.05) is 12.8 Å². The fourth-order valence-electron chi connectivity index (χ4n) is 3.06. The van der Waals surface area contributed by atoms with Crippen molar-refractivity contribution in [2.75, 3.05) is 27.2 Å². The second kappa shape index (κ2) is 8.57. The van der Waals surface area contributed by atoms with Crippen LogP contribution in [0.5, 0.6) is 0 Å². The number of hydrogen-bond donors (Lipinski definition) is 1. The van der Waals surface area contributed by atoms with E-state index in [2.05, 4.69) is 15.0 Å². The molecule has 1 aliphatic carbocycles. The minimum atomic E-state index is -0.723. The molecule has 0 atom stereocenters. The van der Waals surface area contributed by atoms with E-state index >= 15 is 0 Å². The zero-order chi connectivity index (χ0) is 18.4. The number of methoxy groups -OCH3 is 1. The van der Waals surface area contributed by atoms with Crippen molar-refractivity contribution in [1.82, 2.24) is 10.2 Å². The Morgan fingerprint density at radius 3 is 2.52 bits per heavy atom. The molecule has 0 aromatic heterocycles. The first-order valence-corrected chi connectivity index (χ1v) is 8.28. The SMILES string of the molecule is COC(=O)c1cc(C(=O)NCCN(C)C2CCCC2)cc([N+](=O)[O-])c1. The van der Waals surface area contributed by atoms with Crippen LogP contribution in [0.1, 0.15) is 46.4 Å². The van der Waals surface area contributed by atoms with E-state index in [-0.39, 0.29) is 16.8 Å². The molecule has 2 rings (SSSR count). The summed E-state index contributed by atoms with van der Waals surface area (Å²) in [5, 5.41) is 13.8. The molecule has 1 saturated carbocycles. The second-order valence-electron chi connectivity index (χ2n) is 6.19. The third kappa shape index (κ3) is 4.99. The van der Waals surface area contributed by atoms with Gasteiger partial charge in [0.05, 0.1) is 17.6 Å². The first-order chi connectivity index (χ1) is 11.9. The fraction of sp³-hybridized carbons (Fsp3) is 0.529. The number of ether oxygens (including phenoxy) is 1. The van der Waals surface area contributed by atoms with Crippen LogP contribution in [0.4, 0.5) is 5.69 Å². The minimum absolute atomic E-state index is 0.0232. The molecule has 0 bridgehead atoms. The van der Waals surface area contributed by atoms with E-state index in [0.717, 1.165) is 12.1 Å². The zero-order valence-electron chi connectivity index (χ0n) is 14.5. The molecular weight excluding hydrogens is 326 g/mol. The number of rotatable bonds is 7. The van der Waals surface area contributed by atoms with Gasteiger partial charge in [-0.05, 0) is 26.0 Å². The number of nitrogens with one attached hydrogen (secondary N) is 1. The smallest absolute Gasteiger partial charge is 0.338 e. The van der Waals surface area contributed by atoms with Crippen molar-refractivity contribution >= 4 is 17.6 Å². The average Bonchev–Trinajstić information content (AvgIpc) is 3.15. The van der Waals surface area contributed by atoms with Gasteiger partial charge in [-0.15, -0.1) is 0 Å². The largest absolute Gasteiger partial charge is 0.465 e. The first kappa shape index (κ1) is 18.9. The normalized spacial score (nSPS) is 14.5. The predicted octanol–water partition coefficient (Wildman–Crippen LogP) is 1.99. The average molecular weight is 349 g/mol. The third-order valence-electron chi connectivity index (χ3n) is 4.51. The molecule has 8 heteroatoms. The van der Waals surface area contributed by atoms with Crippen LogP contribution in [0.15, 0.2) is 18.2 Å². The Balaban J connectivity index is 2.01. The van der Waals surface area contributed by atoms with Crippen LogP contribution in [0, 0.1) is 10.1 Å². The van der Waals surface area contributed by atoms with E-state index in [1.165, 1.54) is 38.9 Å². The monoisotopic (exact) mass is 349 g/mol. The maximum Gasteiger partial charge on any atom is 0.338 e. The van der Waals surface area contributed by atoms with Crippen molar-refractivity contribution in [2.45, 2.75) is 31.7 Å². The summed E-state index contributed by atoms with van der Waals surface area (Å²) in [5.41, 5.74) is -0.279. The molecule has 0 spiro atoms. The van der Waals surface area contributed by atoms with Gasteiger partial charge in [0.15, 0.2) is 0 Å². The highest BCUT2D eigenvalue weighted by molar-refractivity contribution is 5.98. The molecule has 0 aliphatic heterocycles. The number of likely N-dealkylation sites (N-methyl/N-ethyl adjacent to an activating group) is 1. The van der Waals surface area contributed by atoms with Crippen LogP contribution < -0.4 is 5.32 Å². The maximum atomic E-state index is 12.3. The molecule has 1 N–H and O–H groups in total. The highest BCUT2D eigenvalue weighted by atomic mass is 16.6. The maximum absolute atomic E-state index is 12.3. The second-order valence-corrected chi connectivity index (χ2v) is 6.19. The number of carbonyl (C=O) groups excluding carboxylic acids is 2. The molecule has 1 aromatic carbocycles. The quantitative estimate of drug-likeness (QED) is 0.459. The molecule has 0 unspecified atom stereocenters. The van der Waals surface area contributed by atoms with Crippen LogP contribution in [0.25, 0.3) is 0 Å². The predicted molar refractivity (Wildman–Crippen MR) is 91.7 cm³/mol. The molecular formula is C17H23N3O5. The van der Waals surface area contributed by atoms with Crippen LogP contribution in [0.3, 0.4) is 0 Å². The van der Waals surface area contributed by atoms with E-state index in [0.29, 0.717) is 19.1 Å². The first-order valence-electron chi connectivity index (χ1n) is 8.28. The Morgan fingerprint density at radius 2 is 1.92 bits per heavy atom. The number of nitro benzene ring substituents is 1. The summed E-state index contributed by atoms with van der Waals surface area (Å²) in [6.07, 6.45) is 4.84. The lowest BCUT2D eigenvalue weighted by molar-refractivity contribution is -0.384. The Bertz CT molecular complexity index is 656. The summed E-state index contributed by atoms with van der Waals surface area (Å²) in [6, 6.07) is 4.11. The van der Waals surface area contributed by atoms with E-state index in [1.54, 1.807) is 0 Å². The van der Waals surface area contributed by atoms with Gasteiger partial charge in [0.2, 0.25) is 0 Å². The van der Waals surface area contributed by atoms with Crippen LogP contribution in [0.2, 0.25) is 0 Å². The Hall–Kier alpha value is -2.48. The van der Waals surface area contributed by atoms with Gasteiger partial charge >= 0.3 is 5.97 Å². The van der Waals surface area contributed by atoms with Gasteiger partial charge in [-0.2, -0.15) is 0 Å². The van der Waals surface area contributed by atoms with Crippen molar-refractivity contribution in [3.8, 4) is 0 Å². The van der Waals surface area contributed by atoms with Crippen LogP contribution in [-0.2, 0) is 4.74 Å². The molecule has 8 nitrogen and oxygen atoms in total. The lowest BCUT2D eigenvalue weighted by Gasteiger charge is -2.23. The van der Waals surface area contributed by atoms with E-state index in [4.69, 9.17) is 0 Å². The van der Waals surface area contributed by atoms with Gasteiger partial charge in [0.25, 0.3) is 11.6 Å². The van der Waals surface area contributed by atoms with Crippen molar-refractivity contribution in [3.63, 3.8) is 0 Å². The lowest BCUT2D eigenvalue weighted by atomic mass is 10.1. The molecule has 136 valence electrons. The van der Waals surface area contributed by atoms with E-state index in [9.17, 15) is 19.7 Å². The number of nitrogens with zero attached hydrogens (tertiary/aromatic N) is 2. The Labute approximate surface area is 146 Å². The topological polar surface area (TPSA) is 102 Å². The molecule has 1 amide bonds. The summed E-state index contributed by atoms with van der Waals surface area (Å²) in [6.45, 7) is 1.14.